The molecule has 8 heteroatoms. The Hall–Kier alpha value is -2.77. The molecule has 1 fully saturated rings. The lowest BCUT2D eigenvalue weighted by atomic mass is 10.1. The molecule has 1 aliphatic rings. The number of aromatic nitrogens is 1. The molecule has 2 aromatic rings. The van der Waals surface area contributed by atoms with Crippen LogP contribution in [0.25, 0.3) is 0 Å². The van der Waals surface area contributed by atoms with Gasteiger partial charge < -0.3 is 4.98 Å². The molecule has 1 aliphatic carbocycles. The van der Waals surface area contributed by atoms with Gasteiger partial charge in [0.15, 0.2) is 0 Å². The minimum atomic E-state index is -4.37. The van der Waals surface area contributed by atoms with E-state index in [1.807, 2.05) is 0 Å². The number of carbonyl (C=O) groups excluding carboxylic acids is 2. The van der Waals surface area contributed by atoms with Gasteiger partial charge in [-0.15, -0.1) is 0 Å². The van der Waals surface area contributed by atoms with Crippen molar-refractivity contribution in [3.05, 3.63) is 59.4 Å². The standard InChI is InChI=1S/C16H14F3N3O2/c17-16(18,19)10-5-3-9(4-6-10)11-8-12(11)14(23)21-22-15(24)13-2-1-7-20-13/h1-7,11-12,20H,8H2,(H,21,23)(H,22,24). The van der Waals surface area contributed by atoms with Gasteiger partial charge >= 0.3 is 6.18 Å². The number of H-pyrrole nitrogens is 1. The van der Waals surface area contributed by atoms with Crippen LogP contribution in [0.5, 0.6) is 0 Å². The van der Waals surface area contributed by atoms with Gasteiger partial charge in [-0.05, 0) is 42.2 Å². The fraction of sp³-hybridized carbons (Fsp3) is 0.250. The molecule has 2 unspecified atom stereocenters. The first-order valence-corrected chi connectivity index (χ1v) is 7.27. The average molecular weight is 337 g/mol. The van der Waals surface area contributed by atoms with Crippen LogP contribution in [0, 0.1) is 5.92 Å². The average Bonchev–Trinajstić information content (AvgIpc) is 3.16. The Balaban J connectivity index is 1.53. The molecular formula is C16H14F3N3O2. The number of alkyl halides is 3. The van der Waals surface area contributed by atoms with Crippen LogP contribution in [-0.4, -0.2) is 16.8 Å². The van der Waals surface area contributed by atoms with Gasteiger partial charge in [0.25, 0.3) is 5.91 Å². The molecule has 0 saturated heterocycles. The van der Waals surface area contributed by atoms with Gasteiger partial charge in [-0.3, -0.25) is 20.4 Å². The second kappa shape index (κ2) is 6.03. The van der Waals surface area contributed by atoms with Crippen molar-refractivity contribution in [2.75, 3.05) is 0 Å². The number of hydrazine groups is 1. The van der Waals surface area contributed by atoms with E-state index in [2.05, 4.69) is 15.8 Å². The van der Waals surface area contributed by atoms with E-state index >= 15 is 0 Å². The van der Waals surface area contributed by atoms with E-state index in [1.165, 1.54) is 12.1 Å². The van der Waals surface area contributed by atoms with Gasteiger partial charge in [0.05, 0.1) is 5.56 Å². The van der Waals surface area contributed by atoms with Crippen LogP contribution in [0.15, 0.2) is 42.6 Å². The highest BCUT2D eigenvalue weighted by molar-refractivity contribution is 5.94. The molecular weight excluding hydrogens is 323 g/mol. The molecule has 5 nitrogen and oxygen atoms in total. The second-order valence-corrected chi connectivity index (χ2v) is 5.60. The van der Waals surface area contributed by atoms with E-state index < -0.39 is 17.6 Å². The number of halogens is 3. The summed E-state index contributed by atoms with van der Waals surface area (Å²) < 4.78 is 37.6. The highest BCUT2D eigenvalue weighted by atomic mass is 19.4. The Bertz CT molecular complexity index is 739. The minimum absolute atomic E-state index is 0.130. The SMILES string of the molecule is O=C(NNC(=O)C1CC1c1ccc(C(F)(F)F)cc1)c1ccc[nH]1. The topological polar surface area (TPSA) is 74.0 Å². The quantitative estimate of drug-likeness (QED) is 0.753. The Morgan fingerprint density at radius 3 is 2.38 bits per heavy atom. The van der Waals surface area contributed by atoms with Crippen molar-refractivity contribution in [2.45, 2.75) is 18.5 Å². The minimum Gasteiger partial charge on any atom is -0.357 e. The number of nitrogens with one attached hydrogen (secondary N) is 3. The molecule has 2 amide bonds. The number of rotatable bonds is 3. The molecule has 1 aromatic carbocycles. The van der Waals surface area contributed by atoms with Crippen molar-refractivity contribution in [3.63, 3.8) is 0 Å². The van der Waals surface area contributed by atoms with E-state index in [0.717, 1.165) is 12.1 Å². The van der Waals surface area contributed by atoms with Gasteiger partial charge in [-0.1, -0.05) is 12.1 Å². The highest BCUT2D eigenvalue weighted by Gasteiger charge is 2.44. The van der Waals surface area contributed by atoms with Crippen LogP contribution >= 0.6 is 0 Å². The Labute approximate surface area is 135 Å². The van der Waals surface area contributed by atoms with Gasteiger partial charge in [0.1, 0.15) is 5.69 Å². The molecule has 1 heterocycles. The number of hydrogen-bond donors (Lipinski definition) is 3. The maximum Gasteiger partial charge on any atom is 0.416 e. The number of carbonyl (C=O) groups is 2. The summed E-state index contributed by atoms with van der Waals surface area (Å²) in [6, 6.07) is 8.00. The molecule has 24 heavy (non-hydrogen) atoms. The molecule has 0 radical (unpaired) electrons. The van der Waals surface area contributed by atoms with E-state index in [0.29, 0.717) is 17.7 Å². The normalized spacial score (nSPS) is 19.6. The number of amides is 2. The monoisotopic (exact) mass is 337 g/mol. The number of benzene rings is 1. The molecule has 1 aromatic heterocycles. The summed E-state index contributed by atoms with van der Waals surface area (Å²) in [5, 5.41) is 0. The summed E-state index contributed by atoms with van der Waals surface area (Å²) in [5.41, 5.74) is 4.89. The summed E-state index contributed by atoms with van der Waals surface area (Å²) in [6.45, 7) is 0. The Morgan fingerprint density at radius 2 is 1.79 bits per heavy atom. The Morgan fingerprint density at radius 1 is 1.08 bits per heavy atom. The molecule has 3 N–H and O–H groups in total. The van der Waals surface area contributed by atoms with Crippen LogP contribution in [0.1, 0.15) is 34.0 Å². The zero-order chi connectivity index (χ0) is 17.3. The van der Waals surface area contributed by atoms with Gasteiger partial charge in [0.2, 0.25) is 5.91 Å². The molecule has 3 rings (SSSR count). The molecule has 126 valence electrons. The Kier molecular flexibility index (Phi) is 4.04. The predicted molar refractivity (Wildman–Crippen MR) is 78.7 cm³/mol. The van der Waals surface area contributed by atoms with Crippen LogP contribution in [0.4, 0.5) is 13.2 Å². The molecule has 0 bridgehead atoms. The first kappa shape index (κ1) is 16.1. The molecule has 0 aliphatic heterocycles. The van der Waals surface area contributed by atoms with Crippen molar-refractivity contribution in [3.8, 4) is 0 Å². The lowest BCUT2D eigenvalue weighted by Gasteiger charge is -2.08. The van der Waals surface area contributed by atoms with Crippen molar-refractivity contribution < 1.29 is 22.8 Å². The second-order valence-electron chi connectivity index (χ2n) is 5.60. The van der Waals surface area contributed by atoms with E-state index in [9.17, 15) is 22.8 Å². The lowest BCUT2D eigenvalue weighted by Crippen LogP contribution is -2.42. The van der Waals surface area contributed by atoms with Crippen molar-refractivity contribution >= 4 is 11.8 Å². The van der Waals surface area contributed by atoms with E-state index in [4.69, 9.17) is 0 Å². The third kappa shape index (κ3) is 3.42. The number of aromatic amines is 1. The summed E-state index contributed by atoms with van der Waals surface area (Å²) in [7, 11) is 0. The summed E-state index contributed by atoms with van der Waals surface area (Å²) in [4.78, 5) is 26.3. The van der Waals surface area contributed by atoms with Crippen molar-refractivity contribution in [2.24, 2.45) is 5.92 Å². The van der Waals surface area contributed by atoms with Crippen LogP contribution in [-0.2, 0) is 11.0 Å². The fourth-order valence-electron chi connectivity index (χ4n) is 2.52. The first-order valence-electron chi connectivity index (χ1n) is 7.27. The van der Waals surface area contributed by atoms with Crippen molar-refractivity contribution in [1.29, 1.82) is 0 Å². The predicted octanol–water partition coefficient (Wildman–Crippen LogP) is 2.60. The molecule has 2 atom stereocenters. The van der Waals surface area contributed by atoms with Crippen LogP contribution in [0.3, 0.4) is 0 Å². The molecule has 1 saturated carbocycles. The summed E-state index contributed by atoms with van der Waals surface area (Å²) in [5.74, 6) is -1.32. The maximum absolute atomic E-state index is 12.5. The zero-order valence-electron chi connectivity index (χ0n) is 12.4. The zero-order valence-corrected chi connectivity index (χ0v) is 12.4. The summed E-state index contributed by atoms with van der Waals surface area (Å²) in [6.07, 6.45) is -2.26. The first-order chi connectivity index (χ1) is 11.4. The third-order valence-corrected chi connectivity index (χ3v) is 3.94. The maximum atomic E-state index is 12.5. The smallest absolute Gasteiger partial charge is 0.357 e. The highest BCUT2D eigenvalue weighted by Crippen LogP contribution is 2.47. The van der Waals surface area contributed by atoms with Gasteiger partial charge in [-0.25, -0.2) is 0 Å². The van der Waals surface area contributed by atoms with Crippen LogP contribution in [0.2, 0.25) is 0 Å². The van der Waals surface area contributed by atoms with Gasteiger partial charge in [-0.2, -0.15) is 13.2 Å². The van der Waals surface area contributed by atoms with Crippen molar-refractivity contribution in [1.82, 2.24) is 15.8 Å². The largest absolute Gasteiger partial charge is 0.416 e. The lowest BCUT2D eigenvalue weighted by molar-refractivity contribution is -0.137. The molecule has 0 spiro atoms. The number of hydrogen-bond acceptors (Lipinski definition) is 2. The van der Waals surface area contributed by atoms with E-state index in [1.54, 1.807) is 18.3 Å². The third-order valence-electron chi connectivity index (χ3n) is 3.94. The van der Waals surface area contributed by atoms with Crippen LogP contribution < -0.4 is 10.9 Å². The van der Waals surface area contributed by atoms with Gasteiger partial charge in [0, 0.05) is 12.1 Å². The fourth-order valence-corrected chi connectivity index (χ4v) is 2.52. The summed E-state index contributed by atoms with van der Waals surface area (Å²) >= 11 is 0. The van der Waals surface area contributed by atoms with E-state index in [-0.39, 0.29) is 17.7 Å².